The van der Waals surface area contributed by atoms with Crippen molar-refractivity contribution in [3.63, 3.8) is 0 Å². The Bertz CT molecular complexity index is 381. The Hall–Kier alpha value is -0.630. The minimum absolute atomic E-state index is 0.964. The van der Waals surface area contributed by atoms with Crippen LogP contribution in [0, 0.1) is 0 Å². The molecule has 1 nitrogen and oxygen atoms in total. The van der Waals surface area contributed by atoms with Gasteiger partial charge in [0.05, 0.1) is 0 Å². The lowest BCUT2D eigenvalue weighted by Crippen LogP contribution is -2.28. The van der Waals surface area contributed by atoms with E-state index in [4.69, 9.17) is 0 Å². The van der Waals surface area contributed by atoms with Crippen LogP contribution in [0.3, 0.4) is 0 Å². The maximum absolute atomic E-state index is 4.16. The maximum Gasteiger partial charge on any atom is 0.113 e. The molecule has 1 aliphatic carbocycles. The number of aromatic nitrogens is 1. The second-order valence-corrected chi connectivity index (χ2v) is 3.34. The number of rotatable bonds is 0. The summed E-state index contributed by atoms with van der Waals surface area (Å²) < 4.78 is 0.964. The van der Waals surface area contributed by atoms with Crippen molar-refractivity contribution >= 4 is 28.1 Å². The summed E-state index contributed by atoms with van der Waals surface area (Å²) in [7, 11) is 0. The van der Waals surface area contributed by atoms with Gasteiger partial charge in [-0.2, -0.15) is 0 Å². The van der Waals surface area contributed by atoms with E-state index in [0.29, 0.717) is 0 Å². The fourth-order valence-corrected chi connectivity index (χ4v) is 1.82. The van der Waals surface area contributed by atoms with Gasteiger partial charge in [0.2, 0.25) is 0 Å². The van der Waals surface area contributed by atoms with E-state index < -0.39 is 0 Å². The molecular weight excluding hydrogens is 202 g/mol. The van der Waals surface area contributed by atoms with Crippen LogP contribution in [-0.4, -0.2) is 4.98 Å². The number of hydrogen-bond donors (Lipinski definition) is 0. The van der Waals surface area contributed by atoms with Crippen LogP contribution in [0.25, 0.3) is 12.2 Å². The topological polar surface area (TPSA) is 12.9 Å². The SMILES string of the molecule is Brc1nccc2c1=CCCC=2. The molecule has 1 aliphatic rings. The van der Waals surface area contributed by atoms with Gasteiger partial charge in [-0.1, -0.05) is 12.2 Å². The summed E-state index contributed by atoms with van der Waals surface area (Å²) in [5.41, 5.74) is 0. The summed E-state index contributed by atoms with van der Waals surface area (Å²) in [5.74, 6) is 0. The summed E-state index contributed by atoms with van der Waals surface area (Å²) in [6, 6.07) is 2.05. The lowest BCUT2D eigenvalue weighted by molar-refractivity contribution is 1.09. The van der Waals surface area contributed by atoms with Crippen LogP contribution >= 0.6 is 15.9 Å². The second-order valence-electron chi connectivity index (χ2n) is 2.59. The van der Waals surface area contributed by atoms with E-state index in [1.54, 1.807) is 0 Å². The van der Waals surface area contributed by atoms with Gasteiger partial charge in [0.15, 0.2) is 0 Å². The van der Waals surface area contributed by atoms with Crippen LogP contribution in [0.5, 0.6) is 0 Å². The van der Waals surface area contributed by atoms with Crippen LogP contribution in [0.2, 0.25) is 0 Å². The molecule has 56 valence electrons. The van der Waals surface area contributed by atoms with Crippen LogP contribution in [0.15, 0.2) is 16.9 Å². The molecular formula is C9H8BrN. The molecule has 2 rings (SSSR count). The molecule has 2 heteroatoms. The average molecular weight is 210 g/mol. The standard InChI is InChI=1S/C9H8BrN/c10-9-8-4-2-1-3-7(8)5-6-11-9/h3-6H,1-2H2. The van der Waals surface area contributed by atoms with Crippen molar-refractivity contribution in [2.45, 2.75) is 12.8 Å². The van der Waals surface area contributed by atoms with E-state index in [2.05, 4.69) is 39.1 Å². The number of nitrogens with zero attached hydrogens (tertiary/aromatic N) is 1. The molecule has 0 bridgehead atoms. The Morgan fingerprint density at radius 2 is 2.09 bits per heavy atom. The van der Waals surface area contributed by atoms with Gasteiger partial charge in [0.1, 0.15) is 4.60 Å². The summed E-state index contributed by atoms with van der Waals surface area (Å²) >= 11 is 3.42. The number of hydrogen-bond acceptors (Lipinski definition) is 1. The van der Waals surface area contributed by atoms with Gasteiger partial charge in [-0.3, -0.25) is 0 Å². The highest BCUT2D eigenvalue weighted by atomic mass is 79.9. The summed E-state index contributed by atoms with van der Waals surface area (Å²) in [4.78, 5) is 4.16. The van der Waals surface area contributed by atoms with Crippen LogP contribution in [0.1, 0.15) is 12.8 Å². The van der Waals surface area contributed by atoms with Crippen molar-refractivity contribution < 1.29 is 0 Å². The van der Waals surface area contributed by atoms with Gasteiger partial charge < -0.3 is 0 Å². The molecule has 0 amide bonds. The monoisotopic (exact) mass is 209 g/mol. The third-order valence-electron chi connectivity index (χ3n) is 1.85. The van der Waals surface area contributed by atoms with E-state index in [1.165, 1.54) is 10.4 Å². The lowest BCUT2D eigenvalue weighted by atomic mass is 10.1. The Labute approximate surface area is 73.6 Å². The maximum atomic E-state index is 4.16. The molecule has 11 heavy (non-hydrogen) atoms. The van der Waals surface area contributed by atoms with Crippen molar-refractivity contribution in [3.8, 4) is 0 Å². The molecule has 0 fully saturated rings. The first kappa shape index (κ1) is 7.04. The number of halogens is 1. The predicted octanol–water partition coefficient (Wildman–Crippen LogP) is 1.20. The minimum atomic E-state index is 0.964. The Morgan fingerprint density at radius 1 is 1.27 bits per heavy atom. The molecule has 1 aromatic heterocycles. The highest BCUT2D eigenvalue weighted by Gasteiger charge is 1.96. The smallest absolute Gasteiger partial charge is 0.113 e. The largest absolute Gasteiger partial charge is 0.249 e. The molecule has 1 heterocycles. The molecule has 0 unspecified atom stereocenters. The summed E-state index contributed by atoms with van der Waals surface area (Å²) in [6.45, 7) is 0. The quantitative estimate of drug-likeness (QED) is 0.586. The van der Waals surface area contributed by atoms with E-state index >= 15 is 0 Å². The Balaban J connectivity index is 2.88. The van der Waals surface area contributed by atoms with Gasteiger partial charge in [0.25, 0.3) is 0 Å². The molecule has 0 atom stereocenters. The molecule has 0 N–H and O–H groups in total. The van der Waals surface area contributed by atoms with E-state index in [9.17, 15) is 0 Å². The van der Waals surface area contributed by atoms with Crippen molar-refractivity contribution in [3.05, 3.63) is 27.3 Å². The van der Waals surface area contributed by atoms with Gasteiger partial charge in [-0.25, -0.2) is 4.98 Å². The van der Waals surface area contributed by atoms with Crippen LogP contribution in [-0.2, 0) is 0 Å². The molecule has 0 radical (unpaired) electrons. The first-order valence-electron chi connectivity index (χ1n) is 3.69. The molecule has 0 aromatic carbocycles. The van der Waals surface area contributed by atoms with Crippen molar-refractivity contribution in [2.24, 2.45) is 0 Å². The Morgan fingerprint density at radius 3 is 2.91 bits per heavy atom. The first-order valence-corrected chi connectivity index (χ1v) is 4.48. The third kappa shape index (κ3) is 1.23. The minimum Gasteiger partial charge on any atom is -0.249 e. The van der Waals surface area contributed by atoms with Crippen LogP contribution < -0.4 is 10.4 Å². The highest BCUT2D eigenvalue weighted by Crippen LogP contribution is 1.99. The number of pyridine rings is 1. The van der Waals surface area contributed by atoms with Gasteiger partial charge in [-0.05, 0) is 40.1 Å². The first-order chi connectivity index (χ1) is 5.38. The summed E-state index contributed by atoms with van der Waals surface area (Å²) in [6.07, 6.45) is 8.60. The van der Waals surface area contributed by atoms with Crippen LogP contribution in [0.4, 0.5) is 0 Å². The zero-order valence-corrected chi connectivity index (χ0v) is 7.63. The van der Waals surface area contributed by atoms with E-state index in [-0.39, 0.29) is 0 Å². The van der Waals surface area contributed by atoms with E-state index in [0.717, 1.165) is 17.4 Å². The van der Waals surface area contributed by atoms with E-state index in [1.807, 2.05) is 6.20 Å². The third-order valence-corrected chi connectivity index (χ3v) is 2.49. The fraction of sp³-hybridized carbons (Fsp3) is 0.222. The zero-order chi connectivity index (χ0) is 7.68. The predicted molar refractivity (Wildman–Crippen MR) is 49.4 cm³/mol. The second kappa shape index (κ2) is 2.78. The fourth-order valence-electron chi connectivity index (χ4n) is 1.31. The summed E-state index contributed by atoms with van der Waals surface area (Å²) in [5, 5.41) is 2.55. The highest BCUT2D eigenvalue weighted by molar-refractivity contribution is 9.10. The van der Waals surface area contributed by atoms with Gasteiger partial charge in [0, 0.05) is 11.4 Å². The average Bonchev–Trinajstić information content (AvgIpc) is 2.06. The van der Waals surface area contributed by atoms with Gasteiger partial charge in [-0.15, -0.1) is 0 Å². The zero-order valence-electron chi connectivity index (χ0n) is 6.05. The molecule has 0 spiro atoms. The van der Waals surface area contributed by atoms with Crippen molar-refractivity contribution in [1.82, 2.24) is 4.98 Å². The van der Waals surface area contributed by atoms with Gasteiger partial charge >= 0.3 is 0 Å². The van der Waals surface area contributed by atoms with Crippen molar-refractivity contribution in [2.75, 3.05) is 0 Å². The molecule has 0 saturated carbocycles. The Kier molecular flexibility index (Phi) is 1.78. The molecule has 0 aliphatic heterocycles. The lowest BCUT2D eigenvalue weighted by Gasteiger charge is -1.99. The normalized spacial score (nSPS) is 14.6. The molecule has 0 saturated heterocycles. The molecule has 1 aromatic rings. The van der Waals surface area contributed by atoms with Crippen molar-refractivity contribution in [1.29, 1.82) is 0 Å². The number of fused-ring (bicyclic) bond motifs is 1.